The largest absolute Gasteiger partial charge is 0.474 e. The summed E-state index contributed by atoms with van der Waals surface area (Å²) in [6, 6.07) is 3.97. The predicted molar refractivity (Wildman–Crippen MR) is 125 cm³/mol. The van der Waals surface area contributed by atoms with E-state index in [-0.39, 0.29) is 24.0 Å². The Morgan fingerprint density at radius 2 is 2.00 bits per heavy atom. The zero-order chi connectivity index (χ0) is 19.8. The van der Waals surface area contributed by atoms with E-state index in [4.69, 9.17) is 9.15 Å². The fourth-order valence-corrected chi connectivity index (χ4v) is 3.21. The van der Waals surface area contributed by atoms with Gasteiger partial charge in [-0.25, -0.2) is 15.0 Å². The van der Waals surface area contributed by atoms with Crippen LogP contribution in [0.3, 0.4) is 0 Å². The number of ether oxygens (including phenoxy) is 1. The van der Waals surface area contributed by atoms with Crippen LogP contribution >= 0.6 is 24.0 Å². The molecule has 0 aromatic carbocycles. The van der Waals surface area contributed by atoms with E-state index in [9.17, 15) is 0 Å². The monoisotopic (exact) mass is 513 g/mol. The lowest BCUT2D eigenvalue weighted by Crippen LogP contribution is -2.36. The normalized spacial score (nSPS) is 14.9. The summed E-state index contributed by atoms with van der Waals surface area (Å²) in [7, 11) is 0. The number of oxazole rings is 1. The average molecular weight is 513 g/mol. The summed E-state index contributed by atoms with van der Waals surface area (Å²) in [5.74, 6) is 2.93. The van der Waals surface area contributed by atoms with Gasteiger partial charge in [-0.1, -0.05) is 12.5 Å². The Morgan fingerprint density at radius 1 is 1.21 bits per heavy atom. The lowest BCUT2D eigenvalue weighted by Gasteiger charge is -2.22. The topological polar surface area (TPSA) is 84.6 Å². The van der Waals surface area contributed by atoms with Crippen LogP contribution in [0.15, 0.2) is 27.7 Å². The molecule has 2 N–H and O–H groups in total. The molecule has 0 bridgehead atoms. The van der Waals surface area contributed by atoms with Crippen LogP contribution in [0.2, 0.25) is 0 Å². The van der Waals surface area contributed by atoms with Gasteiger partial charge in [-0.15, -0.1) is 24.0 Å². The predicted octanol–water partition coefficient (Wildman–Crippen LogP) is 4.27. The Morgan fingerprint density at radius 3 is 2.62 bits per heavy atom. The molecule has 2 aromatic heterocycles. The number of nitrogens with zero attached hydrogens (tertiary/aromatic N) is 3. The van der Waals surface area contributed by atoms with E-state index in [1.54, 1.807) is 0 Å². The molecule has 0 atom stereocenters. The van der Waals surface area contributed by atoms with Crippen LogP contribution in [0, 0.1) is 13.8 Å². The number of aliphatic imine (C=N–C) groups is 1. The molecule has 2 heterocycles. The Kier molecular flexibility index (Phi) is 9.69. The van der Waals surface area contributed by atoms with E-state index >= 15 is 0 Å². The third-order valence-electron chi connectivity index (χ3n) is 4.88. The van der Waals surface area contributed by atoms with Crippen molar-refractivity contribution in [2.24, 2.45) is 4.99 Å². The summed E-state index contributed by atoms with van der Waals surface area (Å²) in [4.78, 5) is 13.4. The van der Waals surface area contributed by atoms with Gasteiger partial charge in [-0.2, -0.15) is 0 Å². The summed E-state index contributed by atoms with van der Waals surface area (Å²) in [6.45, 7) is 7.70. The van der Waals surface area contributed by atoms with E-state index in [2.05, 4.69) is 25.6 Å². The van der Waals surface area contributed by atoms with E-state index in [1.165, 1.54) is 19.3 Å². The molecule has 1 aliphatic carbocycles. The second kappa shape index (κ2) is 12.0. The summed E-state index contributed by atoms with van der Waals surface area (Å²) in [6.07, 6.45) is 8.25. The van der Waals surface area contributed by atoms with E-state index < -0.39 is 0 Å². The van der Waals surface area contributed by atoms with Crippen molar-refractivity contribution >= 4 is 29.9 Å². The summed E-state index contributed by atoms with van der Waals surface area (Å²) in [5, 5.41) is 6.49. The van der Waals surface area contributed by atoms with Gasteiger partial charge in [-0.05, 0) is 52.0 Å². The van der Waals surface area contributed by atoms with E-state index in [1.807, 2.05) is 39.1 Å². The molecule has 1 fully saturated rings. The second-order valence-corrected chi connectivity index (χ2v) is 7.18. The second-order valence-electron chi connectivity index (χ2n) is 7.18. The number of aryl methyl sites for hydroxylation is 2. The first-order chi connectivity index (χ1) is 13.6. The molecular formula is C21H32IN5O2. The van der Waals surface area contributed by atoms with Crippen LogP contribution in [0.4, 0.5) is 0 Å². The molecule has 0 spiro atoms. The standard InChI is InChI=1S/C21H31N5O2.HI/c1-4-22-21(25-14-20-26-15(2)16(3)27-20)24-13-17-10-11-19(23-12-17)28-18-8-6-5-7-9-18;/h10-12,18H,4-9,13-14H2,1-3H3,(H2,22,24,25);1H. The van der Waals surface area contributed by atoms with Crippen LogP contribution in [0.5, 0.6) is 5.88 Å². The maximum Gasteiger partial charge on any atom is 0.214 e. The first kappa shape index (κ1) is 23.4. The number of aromatic nitrogens is 2. The van der Waals surface area contributed by atoms with Crippen LogP contribution in [0.1, 0.15) is 61.9 Å². The van der Waals surface area contributed by atoms with Crippen molar-refractivity contribution in [3.05, 3.63) is 41.2 Å². The fourth-order valence-electron chi connectivity index (χ4n) is 3.21. The van der Waals surface area contributed by atoms with E-state index in [0.29, 0.717) is 31.0 Å². The number of hydrogen-bond acceptors (Lipinski definition) is 5. The van der Waals surface area contributed by atoms with Crippen LogP contribution in [-0.4, -0.2) is 28.6 Å². The molecule has 160 valence electrons. The molecule has 8 heteroatoms. The van der Waals surface area contributed by atoms with Gasteiger partial charge in [0.15, 0.2) is 5.96 Å². The number of pyridine rings is 1. The molecule has 0 radical (unpaired) electrons. The number of guanidine groups is 1. The Hall–Kier alpha value is -1.84. The van der Waals surface area contributed by atoms with Crippen LogP contribution < -0.4 is 15.4 Å². The van der Waals surface area contributed by atoms with Crippen molar-refractivity contribution in [1.29, 1.82) is 0 Å². The van der Waals surface area contributed by atoms with Crippen LogP contribution in [0.25, 0.3) is 0 Å². The van der Waals surface area contributed by atoms with Crippen LogP contribution in [-0.2, 0) is 13.1 Å². The zero-order valence-electron chi connectivity index (χ0n) is 17.5. The minimum absolute atomic E-state index is 0. The number of rotatable bonds is 7. The Bertz CT molecular complexity index is 750. The van der Waals surface area contributed by atoms with Gasteiger partial charge < -0.3 is 19.8 Å². The number of nitrogens with one attached hydrogen (secondary N) is 2. The van der Waals surface area contributed by atoms with Gasteiger partial charge in [0, 0.05) is 18.8 Å². The Balaban J connectivity index is 0.00000300. The minimum Gasteiger partial charge on any atom is -0.474 e. The maximum absolute atomic E-state index is 5.98. The summed E-state index contributed by atoms with van der Waals surface area (Å²) >= 11 is 0. The highest BCUT2D eigenvalue weighted by molar-refractivity contribution is 14.0. The van der Waals surface area contributed by atoms with Gasteiger partial charge in [-0.3, -0.25) is 0 Å². The minimum atomic E-state index is 0. The molecule has 2 aromatic rings. The molecular weight excluding hydrogens is 481 g/mol. The van der Waals surface area contributed by atoms with Gasteiger partial charge in [0.25, 0.3) is 0 Å². The molecule has 0 amide bonds. The molecule has 3 rings (SSSR count). The lowest BCUT2D eigenvalue weighted by atomic mass is 9.98. The smallest absolute Gasteiger partial charge is 0.214 e. The fraction of sp³-hybridized carbons (Fsp3) is 0.571. The molecule has 7 nitrogen and oxygen atoms in total. The van der Waals surface area contributed by atoms with Crippen molar-refractivity contribution in [2.45, 2.75) is 72.1 Å². The van der Waals surface area contributed by atoms with Crippen molar-refractivity contribution in [3.8, 4) is 5.88 Å². The number of halogens is 1. The molecule has 1 aliphatic rings. The molecule has 0 aliphatic heterocycles. The van der Waals surface area contributed by atoms with Gasteiger partial charge in [0.1, 0.15) is 11.9 Å². The third-order valence-corrected chi connectivity index (χ3v) is 4.88. The molecule has 29 heavy (non-hydrogen) atoms. The lowest BCUT2D eigenvalue weighted by molar-refractivity contribution is 0.148. The highest BCUT2D eigenvalue weighted by Crippen LogP contribution is 2.22. The zero-order valence-corrected chi connectivity index (χ0v) is 19.9. The van der Waals surface area contributed by atoms with Crippen molar-refractivity contribution in [2.75, 3.05) is 6.54 Å². The first-order valence-corrected chi connectivity index (χ1v) is 10.2. The first-order valence-electron chi connectivity index (χ1n) is 10.2. The van der Waals surface area contributed by atoms with Gasteiger partial charge in [0.05, 0.1) is 18.8 Å². The number of hydrogen-bond donors (Lipinski definition) is 2. The van der Waals surface area contributed by atoms with E-state index in [0.717, 1.165) is 42.4 Å². The average Bonchev–Trinajstić information content (AvgIpc) is 3.03. The van der Waals surface area contributed by atoms with Crippen molar-refractivity contribution in [1.82, 2.24) is 20.6 Å². The van der Waals surface area contributed by atoms with Crippen molar-refractivity contribution < 1.29 is 9.15 Å². The SMILES string of the molecule is CCNC(=NCc1ccc(OC2CCCCC2)nc1)NCc1nc(C)c(C)o1.I. The maximum atomic E-state index is 5.98. The Labute approximate surface area is 190 Å². The summed E-state index contributed by atoms with van der Waals surface area (Å²) in [5.41, 5.74) is 1.95. The highest BCUT2D eigenvalue weighted by atomic mass is 127. The summed E-state index contributed by atoms with van der Waals surface area (Å²) < 4.78 is 11.6. The molecule has 0 unspecified atom stereocenters. The quantitative estimate of drug-likeness (QED) is 0.327. The van der Waals surface area contributed by atoms with Gasteiger partial charge in [0.2, 0.25) is 11.8 Å². The molecule has 1 saturated carbocycles. The third kappa shape index (κ3) is 7.49. The molecule has 0 saturated heterocycles. The van der Waals surface area contributed by atoms with Crippen molar-refractivity contribution in [3.63, 3.8) is 0 Å². The highest BCUT2D eigenvalue weighted by Gasteiger charge is 2.15. The van der Waals surface area contributed by atoms with Gasteiger partial charge >= 0.3 is 0 Å².